The number of rotatable bonds is 18. The Morgan fingerprint density at radius 3 is 2.30 bits per heavy atom. The molecule has 4 fully saturated rings. The summed E-state index contributed by atoms with van der Waals surface area (Å²) in [6.45, 7) is 8.72. The van der Waals surface area contributed by atoms with Crippen LogP contribution < -0.4 is 10.6 Å². The number of hydrogen-bond acceptors (Lipinski definition) is 8. The number of aliphatic imine (C=N–C) groups is 2. The fourth-order valence-corrected chi connectivity index (χ4v) is 9.62. The molecule has 0 radical (unpaired) electrons. The van der Waals surface area contributed by atoms with E-state index in [4.69, 9.17) is 14.7 Å². The van der Waals surface area contributed by atoms with Crippen molar-refractivity contribution < 1.29 is 9.53 Å². The lowest BCUT2D eigenvalue weighted by Crippen LogP contribution is -2.59. The Bertz CT molecular complexity index is 1150. The summed E-state index contributed by atoms with van der Waals surface area (Å²) < 4.78 is 6.06. The number of esters is 1. The second kappa shape index (κ2) is 16.4. The SMILES string of the molecule is CCCCCCCCCC1CC2CCC3=C(C(=O)OC(C)CCCCCCCC4CC5CCC6CC(C)NC(=N4)N56)C(C)N=C(N1)N32. The topological polar surface area (TPSA) is 81.6 Å². The molecule has 4 saturated heterocycles. The van der Waals surface area contributed by atoms with Crippen LogP contribution >= 0.6 is 0 Å². The van der Waals surface area contributed by atoms with Crippen LogP contribution in [0.15, 0.2) is 21.3 Å². The van der Waals surface area contributed by atoms with Crippen LogP contribution in [-0.4, -0.2) is 76.1 Å². The van der Waals surface area contributed by atoms with Crippen molar-refractivity contribution in [3.8, 4) is 0 Å². The van der Waals surface area contributed by atoms with Crippen LogP contribution in [0.1, 0.15) is 169 Å². The summed E-state index contributed by atoms with van der Waals surface area (Å²) in [4.78, 5) is 28.6. The average Bonchev–Trinajstić information content (AvgIpc) is 3.65. The number of carbonyl (C=O) groups excluding carboxylic acids is 1. The predicted octanol–water partition coefficient (Wildman–Crippen LogP) is 7.97. The molecule has 264 valence electrons. The summed E-state index contributed by atoms with van der Waals surface area (Å²) in [6, 6.07) is 3.31. The van der Waals surface area contributed by atoms with E-state index in [1.165, 1.54) is 121 Å². The second-order valence-electron chi connectivity index (χ2n) is 16.0. The first kappa shape index (κ1) is 34.6. The molecule has 0 aromatic carbocycles. The van der Waals surface area contributed by atoms with Gasteiger partial charge in [-0.05, 0) is 91.4 Å². The highest BCUT2D eigenvalue weighted by Crippen LogP contribution is 2.40. The van der Waals surface area contributed by atoms with Crippen LogP contribution in [0, 0.1) is 0 Å². The van der Waals surface area contributed by atoms with Crippen LogP contribution in [0.3, 0.4) is 0 Å². The minimum atomic E-state index is -0.149. The van der Waals surface area contributed by atoms with Crippen molar-refractivity contribution in [1.29, 1.82) is 0 Å². The number of nitrogens with zero attached hydrogens (tertiary/aromatic N) is 4. The van der Waals surface area contributed by atoms with Gasteiger partial charge in [0.1, 0.15) is 0 Å². The summed E-state index contributed by atoms with van der Waals surface area (Å²) in [6.07, 6.45) is 27.3. The summed E-state index contributed by atoms with van der Waals surface area (Å²) in [7, 11) is 0. The van der Waals surface area contributed by atoms with Gasteiger partial charge in [0.25, 0.3) is 0 Å². The maximum Gasteiger partial charge on any atom is 0.338 e. The molecule has 8 unspecified atom stereocenters. The molecular formula is C39H66N6O2. The van der Waals surface area contributed by atoms with Crippen LogP contribution in [0.25, 0.3) is 0 Å². The fourth-order valence-electron chi connectivity index (χ4n) is 9.62. The number of allylic oxidation sites excluding steroid dienone is 1. The van der Waals surface area contributed by atoms with Crippen molar-refractivity contribution in [3.05, 3.63) is 11.3 Å². The van der Waals surface area contributed by atoms with E-state index in [1.54, 1.807) is 0 Å². The molecule has 6 heterocycles. The molecule has 6 aliphatic heterocycles. The van der Waals surface area contributed by atoms with E-state index in [1.807, 2.05) is 0 Å². The van der Waals surface area contributed by atoms with Crippen molar-refractivity contribution in [3.63, 3.8) is 0 Å². The molecule has 0 bridgehead atoms. The highest BCUT2D eigenvalue weighted by atomic mass is 16.5. The van der Waals surface area contributed by atoms with Crippen molar-refractivity contribution in [1.82, 2.24) is 20.4 Å². The number of hydrogen-bond donors (Lipinski definition) is 2. The third-order valence-corrected chi connectivity index (χ3v) is 12.1. The van der Waals surface area contributed by atoms with Gasteiger partial charge in [-0.1, -0.05) is 77.6 Å². The molecule has 8 heteroatoms. The van der Waals surface area contributed by atoms with Crippen molar-refractivity contribution in [2.24, 2.45) is 9.98 Å². The fraction of sp³-hybridized carbons (Fsp3) is 0.872. The lowest BCUT2D eigenvalue weighted by Gasteiger charge is -2.44. The summed E-state index contributed by atoms with van der Waals surface area (Å²) in [5.74, 6) is 2.06. The highest BCUT2D eigenvalue weighted by molar-refractivity contribution is 5.96. The zero-order chi connectivity index (χ0) is 32.8. The molecule has 2 N–H and O–H groups in total. The molecule has 6 rings (SSSR count). The van der Waals surface area contributed by atoms with Crippen LogP contribution in [0.2, 0.25) is 0 Å². The Hall–Kier alpha value is -2.25. The highest BCUT2D eigenvalue weighted by Gasteiger charge is 2.45. The van der Waals surface area contributed by atoms with Crippen molar-refractivity contribution in [2.75, 3.05) is 0 Å². The minimum Gasteiger partial charge on any atom is -0.459 e. The molecule has 0 amide bonds. The Labute approximate surface area is 286 Å². The number of unbranched alkanes of at least 4 members (excludes halogenated alkanes) is 10. The van der Waals surface area contributed by atoms with Crippen molar-refractivity contribution >= 4 is 17.9 Å². The first-order valence-electron chi connectivity index (χ1n) is 20.1. The van der Waals surface area contributed by atoms with Gasteiger partial charge in [0, 0.05) is 35.9 Å². The monoisotopic (exact) mass is 651 g/mol. The Kier molecular flexibility index (Phi) is 12.1. The van der Waals surface area contributed by atoms with Gasteiger partial charge in [-0.25, -0.2) is 14.8 Å². The zero-order valence-corrected chi connectivity index (χ0v) is 30.3. The van der Waals surface area contributed by atoms with Gasteiger partial charge < -0.3 is 25.2 Å². The van der Waals surface area contributed by atoms with Crippen LogP contribution in [0.5, 0.6) is 0 Å². The van der Waals surface area contributed by atoms with E-state index >= 15 is 0 Å². The van der Waals surface area contributed by atoms with Gasteiger partial charge >= 0.3 is 5.97 Å². The first-order chi connectivity index (χ1) is 22.9. The largest absolute Gasteiger partial charge is 0.459 e. The minimum absolute atomic E-state index is 0.0576. The van der Waals surface area contributed by atoms with Gasteiger partial charge in [-0.2, -0.15) is 0 Å². The Balaban J connectivity index is 0.869. The van der Waals surface area contributed by atoms with E-state index in [0.29, 0.717) is 30.2 Å². The maximum absolute atomic E-state index is 13.5. The Morgan fingerprint density at radius 2 is 1.51 bits per heavy atom. The molecule has 0 spiro atoms. The molecule has 0 aliphatic carbocycles. The van der Waals surface area contributed by atoms with E-state index in [2.05, 4.69) is 48.1 Å². The molecule has 0 saturated carbocycles. The van der Waals surface area contributed by atoms with Crippen LogP contribution in [0.4, 0.5) is 0 Å². The lowest BCUT2D eigenvalue weighted by molar-refractivity contribution is -0.144. The van der Waals surface area contributed by atoms with Gasteiger partial charge in [-0.3, -0.25) is 0 Å². The van der Waals surface area contributed by atoms with E-state index in [0.717, 1.165) is 49.7 Å². The van der Waals surface area contributed by atoms with Gasteiger partial charge in [0.15, 0.2) is 11.9 Å². The van der Waals surface area contributed by atoms with Gasteiger partial charge in [0.2, 0.25) is 0 Å². The maximum atomic E-state index is 13.5. The van der Waals surface area contributed by atoms with E-state index in [-0.39, 0.29) is 18.1 Å². The Morgan fingerprint density at radius 1 is 0.809 bits per heavy atom. The molecule has 0 aromatic rings. The predicted molar refractivity (Wildman–Crippen MR) is 193 cm³/mol. The van der Waals surface area contributed by atoms with Crippen molar-refractivity contribution in [2.45, 2.75) is 217 Å². The summed E-state index contributed by atoms with van der Waals surface area (Å²) in [5, 5.41) is 7.44. The number of nitrogens with one attached hydrogen (secondary N) is 2. The number of carbonyl (C=O) groups is 1. The molecular weight excluding hydrogens is 584 g/mol. The number of ether oxygens (including phenoxy) is 1. The molecule has 6 aliphatic rings. The summed E-state index contributed by atoms with van der Waals surface area (Å²) in [5.41, 5.74) is 1.97. The smallest absolute Gasteiger partial charge is 0.338 e. The lowest BCUT2D eigenvalue weighted by atomic mass is 9.96. The summed E-state index contributed by atoms with van der Waals surface area (Å²) >= 11 is 0. The molecule has 0 aromatic heterocycles. The van der Waals surface area contributed by atoms with Crippen LogP contribution in [-0.2, 0) is 9.53 Å². The normalized spacial score (nSPS) is 31.4. The first-order valence-corrected chi connectivity index (χ1v) is 20.1. The van der Waals surface area contributed by atoms with Gasteiger partial charge in [-0.15, -0.1) is 0 Å². The number of guanidine groups is 2. The quantitative estimate of drug-likeness (QED) is 0.116. The molecule has 8 nitrogen and oxygen atoms in total. The van der Waals surface area contributed by atoms with E-state index < -0.39 is 0 Å². The third kappa shape index (κ3) is 8.49. The second-order valence-corrected chi connectivity index (χ2v) is 16.0. The van der Waals surface area contributed by atoms with E-state index in [9.17, 15) is 4.79 Å². The standard InChI is InChI=1S/C39H66N6O2/c1-5-6-7-8-9-12-15-19-31-26-34-22-23-35-36(29(4)41-39(43-31)45(34)35)37(46)47-28(3)17-14-11-10-13-16-18-30-25-33-21-20-32-24-27(2)40-38(42-30)44(32)33/h27-34H,5-26H2,1-4H3,(H,40,42)(H,41,43). The zero-order valence-electron chi connectivity index (χ0n) is 30.3. The van der Waals surface area contributed by atoms with Gasteiger partial charge in [0.05, 0.1) is 23.8 Å². The molecule has 47 heavy (non-hydrogen) atoms. The third-order valence-electron chi connectivity index (χ3n) is 12.1. The average molecular weight is 651 g/mol. The molecule has 8 atom stereocenters.